The van der Waals surface area contributed by atoms with Crippen molar-refractivity contribution in [3.63, 3.8) is 0 Å². The van der Waals surface area contributed by atoms with Crippen molar-refractivity contribution in [2.45, 2.75) is 51.4 Å². The highest BCUT2D eigenvalue weighted by Crippen LogP contribution is 2.38. The maximum atomic E-state index is 13.9. The molecule has 1 fully saturated rings. The molecule has 2 heteroatoms. The van der Waals surface area contributed by atoms with E-state index in [-0.39, 0.29) is 0 Å². The first-order valence-corrected chi connectivity index (χ1v) is 10.1. The van der Waals surface area contributed by atoms with E-state index in [0.29, 0.717) is 11.3 Å². The summed E-state index contributed by atoms with van der Waals surface area (Å²) in [5.74, 6) is 0.0375. The smallest absolute Gasteiger partial charge is 0.166 e. The van der Waals surface area contributed by atoms with Crippen LogP contribution in [0.2, 0.25) is 0 Å². The van der Waals surface area contributed by atoms with E-state index >= 15 is 0 Å². The summed E-state index contributed by atoms with van der Waals surface area (Å²) in [5, 5.41) is 1.06. The number of hydrogen-bond acceptors (Lipinski definition) is 0. The fourth-order valence-corrected chi connectivity index (χ4v) is 4.59. The van der Waals surface area contributed by atoms with Crippen molar-refractivity contribution in [2.75, 3.05) is 0 Å². The first-order chi connectivity index (χ1) is 13.2. The Morgan fingerprint density at radius 3 is 2.22 bits per heavy atom. The van der Waals surface area contributed by atoms with Gasteiger partial charge in [-0.3, -0.25) is 0 Å². The van der Waals surface area contributed by atoms with Gasteiger partial charge in [0, 0.05) is 5.39 Å². The predicted octanol–water partition coefficient (Wildman–Crippen LogP) is 7.86. The zero-order valence-corrected chi connectivity index (χ0v) is 15.8. The van der Waals surface area contributed by atoms with E-state index in [1.165, 1.54) is 50.2 Å². The molecule has 0 aliphatic heterocycles. The van der Waals surface area contributed by atoms with Crippen LogP contribution < -0.4 is 0 Å². The molecule has 1 aliphatic carbocycles. The lowest BCUT2D eigenvalue weighted by Gasteiger charge is -2.28. The Morgan fingerprint density at radius 1 is 0.815 bits per heavy atom. The summed E-state index contributed by atoms with van der Waals surface area (Å²) in [6.45, 7) is 2.28. The number of benzene rings is 3. The van der Waals surface area contributed by atoms with Crippen LogP contribution in [0.15, 0.2) is 54.6 Å². The molecular weight excluding hydrogens is 338 g/mol. The van der Waals surface area contributed by atoms with E-state index in [1.54, 1.807) is 12.1 Å². The summed E-state index contributed by atoms with van der Waals surface area (Å²) >= 11 is 0. The number of halogens is 2. The Balaban J connectivity index is 1.52. The minimum atomic E-state index is -0.798. The SMILES string of the molecule is CCCC1CCC(c2ccc(-c3ccc4c(F)c(F)ccc4c3)cc2)CC1. The zero-order valence-electron chi connectivity index (χ0n) is 15.8. The Bertz CT molecular complexity index is 919. The van der Waals surface area contributed by atoms with E-state index in [9.17, 15) is 8.78 Å². The van der Waals surface area contributed by atoms with Gasteiger partial charge in [-0.25, -0.2) is 8.78 Å². The van der Waals surface area contributed by atoms with Gasteiger partial charge in [-0.1, -0.05) is 62.2 Å². The lowest BCUT2D eigenvalue weighted by Crippen LogP contribution is -2.13. The molecule has 0 heterocycles. The third kappa shape index (κ3) is 3.76. The molecule has 0 saturated heterocycles. The second-order valence-corrected chi connectivity index (χ2v) is 7.93. The molecule has 0 nitrogen and oxygen atoms in total. The molecular formula is C25H26F2. The Morgan fingerprint density at radius 2 is 1.52 bits per heavy atom. The second kappa shape index (κ2) is 7.80. The summed E-state index contributed by atoms with van der Waals surface area (Å²) in [4.78, 5) is 0. The average Bonchev–Trinajstić information content (AvgIpc) is 2.72. The molecule has 0 unspecified atom stereocenters. The largest absolute Gasteiger partial charge is 0.204 e. The van der Waals surface area contributed by atoms with Crippen molar-refractivity contribution >= 4 is 10.8 Å². The van der Waals surface area contributed by atoms with Crippen molar-refractivity contribution < 1.29 is 8.78 Å². The molecule has 1 aliphatic rings. The lowest BCUT2D eigenvalue weighted by atomic mass is 9.77. The molecule has 3 aromatic rings. The van der Waals surface area contributed by atoms with E-state index in [2.05, 4.69) is 31.2 Å². The molecule has 0 radical (unpaired) electrons. The van der Waals surface area contributed by atoms with Gasteiger partial charge in [0.15, 0.2) is 11.6 Å². The Hall–Kier alpha value is -2.22. The molecule has 3 aromatic carbocycles. The van der Waals surface area contributed by atoms with Crippen molar-refractivity contribution in [1.82, 2.24) is 0 Å². The van der Waals surface area contributed by atoms with E-state index in [1.807, 2.05) is 12.1 Å². The highest BCUT2D eigenvalue weighted by molar-refractivity contribution is 5.87. The highest BCUT2D eigenvalue weighted by Gasteiger charge is 2.21. The molecule has 0 amide bonds. The van der Waals surface area contributed by atoms with Crippen LogP contribution in [0.3, 0.4) is 0 Å². The normalized spacial score (nSPS) is 20.1. The Labute approximate surface area is 160 Å². The van der Waals surface area contributed by atoms with Crippen LogP contribution in [0.25, 0.3) is 21.9 Å². The van der Waals surface area contributed by atoms with Gasteiger partial charge in [-0.15, -0.1) is 0 Å². The van der Waals surface area contributed by atoms with Gasteiger partial charge in [0.2, 0.25) is 0 Å². The van der Waals surface area contributed by atoms with Crippen LogP contribution in [0.4, 0.5) is 8.78 Å². The topological polar surface area (TPSA) is 0 Å². The van der Waals surface area contributed by atoms with Crippen LogP contribution in [0.5, 0.6) is 0 Å². The fourth-order valence-electron chi connectivity index (χ4n) is 4.59. The molecule has 0 bridgehead atoms. The molecule has 0 atom stereocenters. The molecule has 0 spiro atoms. The van der Waals surface area contributed by atoms with Gasteiger partial charge in [0.1, 0.15) is 0 Å². The minimum Gasteiger partial charge on any atom is -0.204 e. The summed E-state index contributed by atoms with van der Waals surface area (Å²) in [6, 6.07) is 17.1. The molecule has 4 rings (SSSR count). The first-order valence-electron chi connectivity index (χ1n) is 10.1. The third-order valence-electron chi connectivity index (χ3n) is 6.17. The van der Waals surface area contributed by atoms with Gasteiger partial charge in [-0.05, 0) is 71.7 Å². The van der Waals surface area contributed by atoms with Gasteiger partial charge >= 0.3 is 0 Å². The van der Waals surface area contributed by atoms with Crippen LogP contribution in [0.1, 0.15) is 56.9 Å². The van der Waals surface area contributed by atoms with Crippen LogP contribution in [-0.4, -0.2) is 0 Å². The molecule has 0 aromatic heterocycles. The molecule has 0 N–H and O–H groups in total. The van der Waals surface area contributed by atoms with Crippen molar-refractivity contribution in [3.8, 4) is 11.1 Å². The number of hydrogen-bond donors (Lipinski definition) is 0. The van der Waals surface area contributed by atoms with Crippen LogP contribution in [-0.2, 0) is 0 Å². The first kappa shape index (κ1) is 18.2. The predicted molar refractivity (Wildman–Crippen MR) is 109 cm³/mol. The fraction of sp³-hybridized carbons (Fsp3) is 0.360. The zero-order chi connectivity index (χ0) is 18.8. The van der Waals surface area contributed by atoms with Crippen molar-refractivity contribution in [1.29, 1.82) is 0 Å². The van der Waals surface area contributed by atoms with Crippen molar-refractivity contribution in [2.24, 2.45) is 5.92 Å². The van der Waals surface area contributed by atoms with Crippen LogP contribution >= 0.6 is 0 Å². The maximum absolute atomic E-state index is 13.9. The number of rotatable bonds is 4. The summed E-state index contributed by atoms with van der Waals surface area (Å²) in [6.07, 6.45) is 7.97. The standard InChI is InChI=1S/C25H26F2/c1-2-3-17-4-6-18(7-5-17)19-8-10-20(11-9-19)21-12-14-23-22(16-21)13-15-24(26)25(23)27/h8-18H,2-7H2,1H3. The third-order valence-corrected chi connectivity index (χ3v) is 6.17. The van der Waals surface area contributed by atoms with E-state index < -0.39 is 11.6 Å². The van der Waals surface area contributed by atoms with Gasteiger partial charge in [-0.2, -0.15) is 0 Å². The molecule has 140 valence electrons. The van der Waals surface area contributed by atoms with Gasteiger partial charge < -0.3 is 0 Å². The number of fused-ring (bicyclic) bond motifs is 1. The Kier molecular flexibility index (Phi) is 5.24. The highest BCUT2D eigenvalue weighted by atomic mass is 19.2. The maximum Gasteiger partial charge on any atom is 0.166 e. The van der Waals surface area contributed by atoms with Gasteiger partial charge in [0.25, 0.3) is 0 Å². The summed E-state index contributed by atoms with van der Waals surface area (Å²) in [5.41, 5.74) is 3.58. The van der Waals surface area contributed by atoms with Gasteiger partial charge in [0.05, 0.1) is 0 Å². The lowest BCUT2D eigenvalue weighted by molar-refractivity contribution is 0.308. The second-order valence-electron chi connectivity index (χ2n) is 7.93. The quantitative estimate of drug-likeness (QED) is 0.442. The van der Waals surface area contributed by atoms with Crippen LogP contribution in [0, 0.1) is 17.6 Å². The molecule has 27 heavy (non-hydrogen) atoms. The minimum absolute atomic E-state index is 0.333. The summed E-state index contributed by atoms with van der Waals surface area (Å²) in [7, 11) is 0. The summed E-state index contributed by atoms with van der Waals surface area (Å²) < 4.78 is 27.3. The van der Waals surface area contributed by atoms with E-state index in [4.69, 9.17) is 0 Å². The average molecular weight is 364 g/mol. The van der Waals surface area contributed by atoms with Crippen molar-refractivity contribution in [3.05, 3.63) is 71.8 Å². The monoisotopic (exact) mass is 364 g/mol. The van der Waals surface area contributed by atoms with E-state index in [0.717, 1.165) is 22.4 Å². The molecule has 1 saturated carbocycles.